The second-order valence-electron chi connectivity index (χ2n) is 8.63. The number of hydrogen-bond donors (Lipinski definition) is 0. The van der Waals surface area contributed by atoms with Gasteiger partial charge in [-0.05, 0) is 43.2 Å². The number of carbonyl (C=O) groups excluding carboxylic acids is 1. The molecule has 0 spiro atoms. The maximum atomic E-state index is 13.3. The molecule has 1 aliphatic rings. The van der Waals surface area contributed by atoms with E-state index in [4.69, 9.17) is 0 Å². The van der Waals surface area contributed by atoms with E-state index in [2.05, 4.69) is 11.6 Å². The molecule has 0 aliphatic heterocycles. The second kappa shape index (κ2) is 10.9. The van der Waals surface area contributed by atoms with Crippen LogP contribution in [0.25, 0.3) is 10.2 Å². The second-order valence-corrected chi connectivity index (χ2v) is 11.5. The number of nitro benzene ring substituents is 1. The molecule has 1 heterocycles. The molecule has 0 N–H and O–H groups in total. The molecule has 2 aromatic carbocycles. The number of thiazole rings is 1. The van der Waals surface area contributed by atoms with Crippen LogP contribution in [-0.2, 0) is 16.6 Å². The summed E-state index contributed by atoms with van der Waals surface area (Å²) in [6.45, 7) is 6.29. The summed E-state index contributed by atoms with van der Waals surface area (Å²) in [6, 6.07) is 10.4. The summed E-state index contributed by atoms with van der Waals surface area (Å²) in [5.41, 5.74) is 0.787. The molecule has 3 aromatic rings. The van der Waals surface area contributed by atoms with Gasteiger partial charge in [-0.3, -0.25) is 14.9 Å². The van der Waals surface area contributed by atoms with Crippen LogP contribution in [0.3, 0.4) is 0 Å². The van der Waals surface area contributed by atoms with Gasteiger partial charge in [-0.25, -0.2) is 8.42 Å². The van der Waals surface area contributed by atoms with Gasteiger partial charge in [0.1, 0.15) is 0 Å². The summed E-state index contributed by atoms with van der Waals surface area (Å²) in [4.78, 5) is 28.4. The van der Waals surface area contributed by atoms with Crippen molar-refractivity contribution >= 4 is 43.2 Å². The summed E-state index contributed by atoms with van der Waals surface area (Å²) in [6.07, 6.45) is 6.56. The lowest BCUT2D eigenvalue weighted by Crippen LogP contribution is -2.41. The number of nitro groups is 1. The highest BCUT2D eigenvalue weighted by Crippen LogP contribution is 2.28. The molecule has 9 nitrogen and oxygen atoms in total. The minimum Gasteiger partial charge on any atom is -0.312 e. The largest absolute Gasteiger partial charge is 0.312 e. The lowest BCUT2D eigenvalue weighted by molar-refractivity contribution is -0.384. The number of benzene rings is 2. The number of carbonyl (C=O) groups is 1. The predicted octanol–water partition coefficient (Wildman–Crippen LogP) is 4.88. The summed E-state index contributed by atoms with van der Waals surface area (Å²) in [5.74, 6) is -0.530. The Hall–Kier alpha value is -3.15. The molecule has 11 heteroatoms. The molecule has 36 heavy (non-hydrogen) atoms. The van der Waals surface area contributed by atoms with E-state index in [1.165, 1.54) is 47.7 Å². The van der Waals surface area contributed by atoms with Crippen LogP contribution in [0.15, 0.2) is 65.0 Å². The number of fused-ring (bicyclic) bond motifs is 1. The number of allylic oxidation sites excluding steroid dienone is 1. The fourth-order valence-electron chi connectivity index (χ4n) is 4.61. The van der Waals surface area contributed by atoms with Gasteiger partial charge in [-0.1, -0.05) is 43.6 Å². The highest BCUT2D eigenvalue weighted by atomic mass is 32.2. The fourth-order valence-corrected chi connectivity index (χ4v) is 7.32. The molecule has 0 bridgehead atoms. The number of hydrogen-bond acceptors (Lipinski definition) is 6. The van der Waals surface area contributed by atoms with Gasteiger partial charge in [0.15, 0.2) is 4.80 Å². The average Bonchev–Trinajstić information content (AvgIpc) is 3.21. The SMILES string of the molecule is C=CCn1c(=NC(=O)c2ccc(S(=O)(=O)N(CC)C3CCCCC3)cc2)sc2ccc([N+](=O)[O-])cc21. The molecule has 190 valence electrons. The topological polar surface area (TPSA) is 115 Å². The number of nitrogens with zero attached hydrogens (tertiary/aromatic N) is 4. The highest BCUT2D eigenvalue weighted by Gasteiger charge is 2.31. The Balaban J connectivity index is 1.65. The van der Waals surface area contributed by atoms with Crippen LogP contribution in [-0.4, -0.2) is 40.7 Å². The molecule has 0 radical (unpaired) electrons. The quantitative estimate of drug-likeness (QED) is 0.235. The molecule has 4 rings (SSSR count). The Bertz CT molecular complexity index is 1470. The molecule has 0 atom stereocenters. The van der Waals surface area contributed by atoms with Crippen molar-refractivity contribution in [3.8, 4) is 0 Å². The number of amides is 1. The molecule has 1 saturated carbocycles. The fraction of sp³-hybridized carbons (Fsp3) is 0.360. The lowest BCUT2D eigenvalue weighted by Gasteiger charge is -2.32. The van der Waals surface area contributed by atoms with Gasteiger partial charge in [0.05, 0.1) is 20.0 Å². The van der Waals surface area contributed by atoms with Crippen LogP contribution >= 0.6 is 11.3 Å². The Morgan fingerprint density at radius 2 is 1.92 bits per heavy atom. The third-order valence-electron chi connectivity index (χ3n) is 6.39. The zero-order chi connectivity index (χ0) is 25.9. The first-order valence-corrected chi connectivity index (χ1v) is 14.1. The van der Waals surface area contributed by atoms with Crippen LogP contribution < -0.4 is 4.80 Å². The van der Waals surface area contributed by atoms with Crippen molar-refractivity contribution in [2.24, 2.45) is 4.99 Å². The molecule has 0 saturated heterocycles. The van der Waals surface area contributed by atoms with Crippen LogP contribution in [0.1, 0.15) is 49.4 Å². The molecular weight excluding hydrogens is 500 g/mol. The molecule has 1 aliphatic carbocycles. The van der Waals surface area contributed by atoms with E-state index >= 15 is 0 Å². The standard InChI is InChI=1S/C25H28N4O5S2/c1-3-16-27-22-17-20(29(31)32)12-15-23(22)35-25(27)26-24(30)18-10-13-21(14-11-18)36(33,34)28(4-2)19-8-6-5-7-9-19/h3,10-15,17,19H,1,4-9,16H2,2H3. The van der Waals surface area contributed by atoms with E-state index in [1.54, 1.807) is 21.0 Å². The lowest BCUT2D eigenvalue weighted by atomic mass is 9.95. The first kappa shape index (κ1) is 25.9. The van der Waals surface area contributed by atoms with Crippen molar-refractivity contribution in [3.05, 3.63) is 75.6 Å². The molecule has 0 unspecified atom stereocenters. The molecular formula is C25H28N4O5S2. The Kier molecular flexibility index (Phi) is 7.82. The van der Waals surface area contributed by atoms with E-state index in [0.29, 0.717) is 23.4 Å². The van der Waals surface area contributed by atoms with Crippen molar-refractivity contribution in [2.75, 3.05) is 6.54 Å². The first-order chi connectivity index (χ1) is 17.3. The summed E-state index contributed by atoms with van der Waals surface area (Å²) < 4.78 is 30.6. The van der Waals surface area contributed by atoms with Crippen molar-refractivity contribution < 1.29 is 18.1 Å². The molecule has 1 amide bonds. The first-order valence-electron chi connectivity index (χ1n) is 11.9. The summed E-state index contributed by atoms with van der Waals surface area (Å²) in [5, 5.41) is 11.2. The summed E-state index contributed by atoms with van der Waals surface area (Å²) in [7, 11) is -3.67. The third kappa shape index (κ3) is 5.18. The van der Waals surface area contributed by atoms with Crippen LogP contribution in [0.2, 0.25) is 0 Å². The van der Waals surface area contributed by atoms with E-state index in [0.717, 1.165) is 36.8 Å². The summed E-state index contributed by atoms with van der Waals surface area (Å²) >= 11 is 1.24. The Labute approximate surface area is 213 Å². The van der Waals surface area contributed by atoms with Gasteiger partial charge in [0, 0.05) is 36.8 Å². The van der Waals surface area contributed by atoms with Crippen molar-refractivity contribution in [1.29, 1.82) is 0 Å². The number of rotatable bonds is 8. The number of aromatic nitrogens is 1. The van der Waals surface area contributed by atoms with E-state index in [1.807, 2.05) is 6.92 Å². The number of non-ortho nitro benzene ring substituents is 1. The molecule has 1 fully saturated rings. The van der Waals surface area contributed by atoms with Crippen molar-refractivity contribution in [2.45, 2.75) is 56.5 Å². The minimum atomic E-state index is -3.67. The van der Waals surface area contributed by atoms with Gasteiger partial charge in [0.25, 0.3) is 11.6 Å². The Morgan fingerprint density at radius 1 is 1.22 bits per heavy atom. The van der Waals surface area contributed by atoms with E-state index in [9.17, 15) is 23.3 Å². The monoisotopic (exact) mass is 528 g/mol. The maximum absolute atomic E-state index is 13.3. The van der Waals surface area contributed by atoms with Crippen LogP contribution in [0.5, 0.6) is 0 Å². The third-order valence-corrected chi connectivity index (χ3v) is 9.49. The van der Waals surface area contributed by atoms with E-state index < -0.39 is 20.9 Å². The van der Waals surface area contributed by atoms with Crippen molar-refractivity contribution in [1.82, 2.24) is 8.87 Å². The van der Waals surface area contributed by atoms with Gasteiger partial charge in [-0.2, -0.15) is 9.30 Å². The predicted molar refractivity (Wildman–Crippen MR) is 139 cm³/mol. The van der Waals surface area contributed by atoms with Crippen LogP contribution in [0, 0.1) is 10.1 Å². The smallest absolute Gasteiger partial charge is 0.279 e. The number of sulfonamides is 1. The van der Waals surface area contributed by atoms with E-state index in [-0.39, 0.29) is 22.2 Å². The highest BCUT2D eigenvalue weighted by molar-refractivity contribution is 7.89. The average molecular weight is 529 g/mol. The zero-order valence-corrected chi connectivity index (χ0v) is 21.6. The van der Waals surface area contributed by atoms with Crippen LogP contribution in [0.4, 0.5) is 5.69 Å². The maximum Gasteiger partial charge on any atom is 0.279 e. The Morgan fingerprint density at radius 3 is 2.53 bits per heavy atom. The minimum absolute atomic E-state index is 0.00847. The normalized spacial score (nSPS) is 15.4. The van der Waals surface area contributed by atoms with Gasteiger partial charge < -0.3 is 4.57 Å². The zero-order valence-electron chi connectivity index (χ0n) is 20.0. The van der Waals surface area contributed by atoms with Gasteiger partial charge in [0.2, 0.25) is 10.0 Å². The van der Waals surface area contributed by atoms with Gasteiger partial charge in [-0.15, -0.1) is 6.58 Å². The molecule has 1 aromatic heterocycles. The van der Waals surface area contributed by atoms with Gasteiger partial charge >= 0.3 is 0 Å². The van der Waals surface area contributed by atoms with Crippen molar-refractivity contribution in [3.63, 3.8) is 0 Å².